The van der Waals surface area contributed by atoms with Gasteiger partial charge in [-0.1, -0.05) is 6.92 Å². The van der Waals surface area contributed by atoms with Crippen LogP contribution in [0.2, 0.25) is 0 Å². The van der Waals surface area contributed by atoms with Gasteiger partial charge in [-0.2, -0.15) is 0 Å². The van der Waals surface area contributed by atoms with Crippen LogP contribution in [0.15, 0.2) is 0 Å². The van der Waals surface area contributed by atoms with Crippen molar-refractivity contribution in [2.75, 3.05) is 6.61 Å². The van der Waals surface area contributed by atoms with Crippen LogP contribution < -0.4 is 0 Å². The van der Waals surface area contributed by atoms with E-state index in [2.05, 4.69) is 13.8 Å². The summed E-state index contributed by atoms with van der Waals surface area (Å²) in [5, 5.41) is 0. The van der Waals surface area contributed by atoms with E-state index in [1.807, 2.05) is 0 Å². The zero-order valence-electron chi connectivity index (χ0n) is 8.05. The summed E-state index contributed by atoms with van der Waals surface area (Å²) in [4.78, 5) is 0. The summed E-state index contributed by atoms with van der Waals surface area (Å²) in [7, 11) is 0. The van der Waals surface area contributed by atoms with Crippen LogP contribution in [-0.4, -0.2) is 12.7 Å². The first kappa shape index (κ1) is 7.37. The summed E-state index contributed by atoms with van der Waals surface area (Å²) in [6, 6.07) is 0. The lowest BCUT2D eigenvalue weighted by Crippen LogP contribution is -2.57. The fourth-order valence-electron chi connectivity index (χ4n) is 4.13. The molecule has 0 heterocycles. The van der Waals surface area contributed by atoms with E-state index in [1.165, 1.54) is 19.3 Å². The summed E-state index contributed by atoms with van der Waals surface area (Å²) in [5.74, 6) is 3.04. The van der Waals surface area contributed by atoms with Crippen LogP contribution in [0.25, 0.3) is 0 Å². The molecular formula is C11H18O. The Morgan fingerprint density at radius 1 is 1.25 bits per heavy atom. The Kier molecular flexibility index (Phi) is 1.27. The Morgan fingerprint density at radius 3 is 2.58 bits per heavy atom. The molecule has 3 aliphatic rings. The van der Waals surface area contributed by atoms with Crippen molar-refractivity contribution >= 4 is 0 Å². The van der Waals surface area contributed by atoms with Gasteiger partial charge in [0.15, 0.2) is 0 Å². The standard InChI is InChI=1S/C11H18O/c1-3-12-10-6-8-4-7-5-9(10)11(7,8)2/h7-10H,3-6H2,1-2H3. The van der Waals surface area contributed by atoms with E-state index in [9.17, 15) is 0 Å². The van der Waals surface area contributed by atoms with Gasteiger partial charge in [0.05, 0.1) is 6.10 Å². The van der Waals surface area contributed by atoms with Crippen LogP contribution in [0, 0.1) is 23.2 Å². The van der Waals surface area contributed by atoms with Crippen LogP contribution in [0.1, 0.15) is 33.1 Å². The average molecular weight is 166 g/mol. The molecule has 0 bridgehead atoms. The lowest BCUT2D eigenvalue weighted by Gasteiger charge is -2.63. The van der Waals surface area contributed by atoms with Gasteiger partial charge in [0.2, 0.25) is 0 Å². The van der Waals surface area contributed by atoms with Gasteiger partial charge in [0.1, 0.15) is 0 Å². The topological polar surface area (TPSA) is 9.23 Å². The SMILES string of the molecule is CCOC1CC2CC3CC1C23C. The third-order valence-electron chi connectivity index (χ3n) is 5.01. The largest absolute Gasteiger partial charge is 0.378 e. The molecule has 5 atom stereocenters. The first-order chi connectivity index (χ1) is 5.76. The normalized spacial score (nSPS) is 60.5. The minimum Gasteiger partial charge on any atom is -0.378 e. The number of rotatable bonds is 2. The molecule has 3 aliphatic carbocycles. The third-order valence-corrected chi connectivity index (χ3v) is 5.01. The van der Waals surface area contributed by atoms with Crippen molar-refractivity contribution in [1.29, 1.82) is 0 Å². The van der Waals surface area contributed by atoms with Crippen molar-refractivity contribution in [3.63, 3.8) is 0 Å². The lowest BCUT2D eigenvalue weighted by molar-refractivity contribution is -0.162. The van der Waals surface area contributed by atoms with Crippen LogP contribution in [0.5, 0.6) is 0 Å². The van der Waals surface area contributed by atoms with Gasteiger partial charge in [-0.25, -0.2) is 0 Å². The molecule has 3 saturated carbocycles. The second-order valence-electron chi connectivity index (χ2n) is 5.07. The Balaban J connectivity index is 1.79. The van der Waals surface area contributed by atoms with E-state index in [-0.39, 0.29) is 0 Å². The number of hydrogen-bond acceptors (Lipinski definition) is 1. The van der Waals surface area contributed by atoms with Gasteiger partial charge in [-0.3, -0.25) is 0 Å². The van der Waals surface area contributed by atoms with E-state index < -0.39 is 0 Å². The van der Waals surface area contributed by atoms with E-state index in [4.69, 9.17) is 4.74 Å². The van der Waals surface area contributed by atoms with Crippen molar-refractivity contribution in [3.8, 4) is 0 Å². The molecule has 1 heteroatoms. The van der Waals surface area contributed by atoms with Gasteiger partial charge in [-0.05, 0) is 49.4 Å². The van der Waals surface area contributed by atoms with E-state index >= 15 is 0 Å². The molecule has 0 radical (unpaired) electrons. The number of hydrogen-bond donors (Lipinski definition) is 0. The quantitative estimate of drug-likeness (QED) is 0.612. The van der Waals surface area contributed by atoms with Gasteiger partial charge in [0.25, 0.3) is 0 Å². The van der Waals surface area contributed by atoms with Crippen molar-refractivity contribution < 1.29 is 4.74 Å². The first-order valence-corrected chi connectivity index (χ1v) is 5.38. The van der Waals surface area contributed by atoms with Crippen LogP contribution in [0.3, 0.4) is 0 Å². The second-order valence-corrected chi connectivity index (χ2v) is 5.07. The van der Waals surface area contributed by atoms with Crippen molar-refractivity contribution in [1.82, 2.24) is 0 Å². The fourth-order valence-corrected chi connectivity index (χ4v) is 4.13. The van der Waals surface area contributed by atoms with Crippen LogP contribution in [0.4, 0.5) is 0 Å². The van der Waals surface area contributed by atoms with Gasteiger partial charge in [-0.15, -0.1) is 0 Å². The maximum absolute atomic E-state index is 5.80. The van der Waals surface area contributed by atoms with Gasteiger partial charge in [0, 0.05) is 6.61 Å². The molecule has 1 nitrogen and oxygen atoms in total. The zero-order valence-corrected chi connectivity index (χ0v) is 8.05. The molecule has 3 fully saturated rings. The highest BCUT2D eigenvalue weighted by Crippen LogP contribution is 2.74. The predicted octanol–water partition coefficient (Wildman–Crippen LogP) is 2.46. The molecule has 0 N–H and O–H groups in total. The molecule has 0 saturated heterocycles. The average Bonchev–Trinajstić information content (AvgIpc) is 2.31. The molecule has 12 heavy (non-hydrogen) atoms. The van der Waals surface area contributed by atoms with Crippen LogP contribution in [-0.2, 0) is 4.74 Å². The molecule has 0 aromatic carbocycles. The van der Waals surface area contributed by atoms with Crippen LogP contribution >= 0.6 is 0 Å². The molecule has 3 rings (SSSR count). The van der Waals surface area contributed by atoms with Gasteiger partial charge < -0.3 is 4.74 Å². The minimum absolute atomic E-state index is 0.628. The summed E-state index contributed by atoms with van der Waals surface area (Å²) >= 11 is 0. The molecule has 0 aliphatic heterocycles. The predicted molar refractivity (Wildman–Crippen MR) is 47.8 cm³/mol. The van der Waals surface area contributed by atoms with Crippen molar-refractivity contribution in [2.24, 2.45) is 23.2 Å². The number of ether oxygens (including phenoxy) is 1. The molecule has 0 amide bonds. The zero-order chi connectivity index (χ0) is 8.34. The third kappa shape index (κ3) is 0.585. The molecule has 5 unspecified atom stereocenters. The van der Waals surface area contributed by atoms with Crippen molar-refractivity contribution in [2.45, 2.75) is 39.2 Å². The highest BCUT2D eigenvalue weighted by Gasteiger charge is 2.69. The van der Waals surface area contributed by atoms with Gasteiger partial charge >= 0.3 is 0 Å². The van der Waals surface area contributed by atoms with E-state index in [0.717, 1.165) is 29.8 Å². The van der Waals surface area contributed by atoms with E-state index in [0.29, 0.717) is 6.10 Å². The lowest BCUT2D eigenvalue weighted by atomic mass is 9.42. The van der Waals surface area contributed by atoms with E-state index in [1.54, 1.807) is 0 Å². The maximum Gasteiger partial charge on any atom is 0.0611 e. The first-order valence-electron chi connectivity index (χ1n) is 5.38. The molecule has 0 aromatic rings. The Morgan fingerprint density at radius 2 is 2.00 bits per heavy atom. The van der Waals surface area contributed by atoms with Crippen molar-refractivity contribution in [3.05, 3.63) is 0 Å². The summed E-state index contributed by atoms with van der Waals surface area (Å²) in [6.45, 7) is 5.53. The summed E-state index contributed by atoms with van der Waals surface area (Å²) in [6.07, 6.45) is 4.98. The fraction of sp³-hybridized carbons (Fsp3) is 1.00. The Hall–Kier alpha value is -0.0400. The summed E-state index contributed by atoms with van der Waals surface area (Å²) < 4.78 is 5.80. The monoisotopic (exact) mass is 166 g/mol. The maximum atomic E-state index is 5.80. The molecule has 68 valence electrons. The Bertz CT molecular complexity index is 213. The molecular weight excluding hydrogens is 148 g/mol. The highest BCUT2D eigenvalue weighted by molar-refractivity contribution is 5.18. The minimum atomic E-state index is 0.628. The summed E-state index contributed by atoms with van der Waals surface area (Å²) in [5.41, 5.74) is 0.736. The molecule has 0 spiro atoms. The second kappa shape index (κ2) is 2.06. The Labute approximate surface area is 74.5 Å². The highest BCUT2D eigenvalue weighted by atomic mass is 16.5. The molecule has 0 aromatic heterocycles. The smallest absolute Gasteiger partial charge is 0.0611 e.